The summed E-state index contributed by atoms with van der Waals surface area (Å²) in [6.07, 6.45) is 1.74. The molecule has 4 nitrogen and oxygen atoms in total. The van der Waals surface area contributed by atoms with E-state index in [0.29, 0.717) is 27.1 Å². The van der Waals surface area contributed by atoms with Crippen molar-refractivity contribution in [3.63, 3.8) is 0 Å². The predicted molar refractivity (Wildman–Crippen MR) is 77.9 cm³/mol. The van der Waals surface area contributed by atoms with Crippen LogP contribution in [0.4, 0.5) is 0 Å². The van der Waals surface area contributed by atoms with E-state index in [2.05, 4.69) is 11.1 Å². The molecule has 0 aliphatic carbocycles. The molecule has 0 saturated carbocycles. The topological polar surface area (TPSA) is 55.1 Å². The van der Waals surface area contributed by atoms with Gasteiger partial charge in [0, 0.05) is 11.1 Å². The standard InChI is InChI=1S/C14H9ClN2O2S/c1-8-6-20-14(17-8)10(5-16)2-9-3-11(15)13-12(4-9)18-7-19-13/h2-4,6H,7H2,1H3/b10-2+. The van der Waals surface area contributed by atoms with Crippen LogP contribution in [0.5, 0.6) is 11.5 Å². The molecule has 6 heteroatoms. The van der Waals surface area contributed by atoms with Crippen molar-refractivity contribution in [2.24, 2.45) is 0 Å². The Morgan fingerprint density at radius 1 is 1.50 bits per heavy atom. The Morgan fingerprint density at radius 2 is 2.35 bits per heavy atom. The molecule has 0 unspecified atom stereocenters. The number of ether oxygens (including phenoxy) is 2. The summed E-state index contributed by atoms with van der Waals surface area (Å²) >= 11 is 7.56. The lowest BCUT2D eigenvalue weighted by Crippen LogP contribution is -1.93. The summed E-state index contributed by atoms with van der Waals surface area (Å²) in [4.78, 5) is 4.31. The molecule has 0 radical (unpaired) electrons. The molecule has 2 aromatic rings. The zero-order chi connectivity index (χ0) is 14.1. The fourth-order valence-electron chi connectivity index (χ4n) is 1.86. The van der Waals surface area contributed by atoms with E-state index < -0.39 is 0 Å². The Labute approximate surface area is 124 Å². The largest absolute Gasteiger partial charge is 0.454 e. The number of hydrogen-bond donors (Lipinski definition) is 0. The molecular weight excluding hydrogens is 296 g/mol. The first-order valence-electron chi connectivity index (χ1n) is 5.81. The van der Waals surface area contributed by atoms with E-state index in [-0.39, 0.29) is 6.79 Å². The Kier molecular flexibility index (Phi) is 3.35. The fraction of sp³-hybridized carbons (Fsp3) is 0.143. The molecule has 0 spiro atoms. The summed E-state index contributed by atoms with van der Waals surface area (Å²) in [6.45, 7) is 2.06. The molecule has 3 rings (SSSR count). The minimum Gasteiger partial charge on any atom is -0.454 e. The molecule has 1 aromatic carbocycles. The molecule has 0 saturated heterocycles. The van der Waals surface area contributed by atoms with Gasteiger partial charge in [0.1, 0.15) is 11.1 Å². The SMILES string of the molecule is Cc1csc(/C(C#N)=C/c2cc(Cl)c3c(c2)OCO3)n1. The minimum atomic E-state index is 0.166. The quantitative estimate of drug-likeness (QED) is 0.790. The number of hydrogen-bond acceptors (Lipinski definition) is 5. The highest BCUT2D eigenvalue weighted by molar-refractivity contribution is 7.11. The maximum atomic E-state index is 9.27. The second kappa shape index (κ2) is 5.16. The van der Waals surface area contributed by atoms with Crippen LogP contribution < -0.4 is 9.47 Å². The highest BCUT2D eigenvalue weighted by Crippen LogP contribution is 2.40. The second-order valence-electron chi connectivity index (χ2n) is 4.20. The molecule has 1 aliphatic heterocycles. The molecular formula is C14H9ClN2O2S. The van der Waals surface area contributed by atoms with Gasteiger partial charge < -0.3 is 9.47 Å². The number of fused-ring (bicyclic) bond motifs is 1. The zero-order valence-electron chi connectivity index (χ0n) is 10.5. The van der Waals surface area contributed by atoms with E-state index in [1.165, 1.54) is 11.3 Å². The van der Waals surface area contributed by atoms with Gasteiger partial charge in [0.2, 0.25) is 6.79 Å². The Morgan fingerprint density at radius 3 is 3.05 bits per heavy atom. The summed E-state index contributed by atoms with van der Waals surface area (Å²) in [7, 11) is 0. The molecule has 1 aromatic heterocycles. The maximum Gasteiger partial charge on any atom is 0.231 e. The van der Waals surface area contributed by atoms with Crippen LogP contribution in [-0.4, -0.2) is 11.8 Å². The predicted octanol–water partition coefficient (Wildman–Crippen LogP) is 3.90. The highest BCUT2D eigenvalue weighted by atomic mass is 35.5. The third-order valence-corrected chi connectivity index (χ3v) is 4.00. The molecule has 20 heavy (non-hydrogen) atoms. The van der Waals surface area contributed by atoms with Crippen molar-refractivity contribution in [1.29, 1.82) is 5.26 Å². The summed E-state index contributed by atoms with van der Waals surface area (Å²) < 4.78 is 10.6. The van der Waals surface area contributed by atoms with Gasteiger partial charge in [0.05, 0.1) is 10.6 Å². The van der Waals surface area contributed by atoms with Crippen molar-refractivity contribution in [2.45, 2.75) is 6.92 Å². The number of benzene rings is 1. The van der Waals surface area contributed by atoms with Crippen LogP contribution in [0.3, 0.4) is 0 Å². The number of halogens is 1. The molecule has 0 N–H and O–H groups in total. The van der Waals surface area contributed by atoms with Gasteiger partial charge in [0.15, 0.2) is 11.5 Å². The van der Waals surface area contributed by atoms with Crippen molar-refractivity contribution in [2.75, 3.05) is 6.79 Å². The van der Waals surface area contributed by atoms with Gasteiger partial charge in [-0.1, -0.05) is 11.6 Å². The van der Waals surface area contributed by atoms with Gasteiger partial charge >= 0.3 is 0 Å². The molecule has 2 heterocycles. The van der Waals surface area contributed by atoms with E-state index in [1.54, 1.807) is 18.2 Å². The number of aromatic nitrogens is 1. The first-order chi connectivity index (χ1) is 9.67. The van der Waals surface area contributed by atoms with Gasteiger partial charge in [-0.15, -0.1) is 11.3 Å². The van der Waals surface area contributed by atoms with Crippen LogP contribution in [0.15, 0.2) is 17.5 Å². The Bertz CT molecular complexity index is 746. The lowest BCUT2D eigenvalue weighted by atomic mass is 10.1. The lowest BCUT2D eigenvalue weighted by Gasteiger charge is -2.01. The van der Waals surface area contributed by atoms with E-state index in [1.807, 2.05) is 12.3 Å². The number of rotatable bonds is 2. The summed E-state index contributed by atoms with van der Waals surface area (Å²) in [5.74, 6) is 1.14. The van der Waals surface area contributed by atoms with E-state index in [9.17, 15) is 5.26 Å². The smallest absolute Gasteiger partial charge is 0.231 e. The van der Waals surface area contributed by atoms with Crippen molar-refractivity contribution >= 4 is 34.6 Å². The molecule has 0 amide bonds. The average Bonchev–Trinajstić information content (AvgIpc) is 3.05. The van der Waals surface area contributed by atoms with Gasteiger partial charge in [0.25, 0.3) is 0 Å². The number of aryl methyl sites for hydroxylation is 1. The van der Waals surface area contributed by atoms with Crippen LogP contribution in [0.2, 0.25) is 5.02 Å². The van der Waals surface area contributed by atoms with Crippen molar-refractivity contribution in [1.82, 2.24) is 4.98 Å². The van der Waals surface area contributed by atoms with Gasteiger partial charge in [-0.3, -0.25) is 0 Å². The van der Waals surface area contributed by atoms with Crippen molar-refractivity contribution < 1.29 is 9.47 Å². The highest BCUT2D eigenvalue weighted by Gasteiger charge is 2.18. The molecule has 0 fully saturated rings. The van der Waals surface area contributed by atoms with Gasteiger partial charge in [-0.05, 0) is 30.7 Å². The van der Waals surface area contributed by atoms with Crippen LogP contribution in [0, 0.1) is 18.3 Å². The number of thiazole rings is 1. The molecule has 0 bridgehead atoms. The summed E-state index contributed by atoms with van der Waals surface area (Å²) in [5.41, 5.74) is 2.18. The van der Waals surface area contributed by atoms with Crippen molar-refractivity contribution in [3.8, 4) is 17.6 Å². The van der Waals surface area contributed by atoms with Crippen molar-refractivity contribution in [3.05, 3.63) is 38.8 Å². The number of nitriles is 1. The van der Waals surface area contributed by atoms with E-state index in [4.69, 9.17) is 21.1 Å². The van der Waals surface area contributed by atoms with Crippen LogP contribution >= 0.6 is 22.9 Å². The van der Waals surface area contributed by atoms with E-state index in [0.717, 1.165) is 11.3 Å². The van der Waals surface area contributed by atoms with Crippen LogP contribution in [0.25, 0.3) is 11.6 Å². The third kappa shape index (κ3) is 2.36. The first-order valence-corrected chi connectivity index (χ1v) is 7.06. The Balaban J connectivity index is 2.03. The normalized spacial score (nSPS) is 13.3. The summed E-state index contributed by atoms with van der Waals surface area (Å²) in [5, 5.41) is 12.3. The third-order valence-electron chi connectivity index (χ3n) is 2.73. The first kappa shape index (κ1) is 13.0. The second-order valence-corrected chi connectivity index (χ2v) is 5.47. The van der Waals surface area contributed by atoms with Crippen LogP contribution in [-0.2, 0) is 0 Å². The zero-order valence-corrected chi connectivity index (χ0v) is 12.1. The fourth-order valence-corrected chi connectivity index (χ4v) is 2.89. The molecule has 1 aliphatic rings. The minimum absolute atomic E-state index is 0.166. The lowest BCUT2D eigenvalue weighted by molar-refractivity contribution is 0.174. The summed E-state index contributed by atoms with van der Waals surface area (Å²) in [6, 6.07) is 5.70. The maximum absolute atomic E-state index is 9.27. The Hall–Kier alpha value is -2.03. The van der Waals surface area contributed by atoms with Gasteiger partial charge in [-0.25, -0.2) is 4.98 Å². The number of allylic oxidation sites excluding steroid dienone is 1. The van der Waals surface area contributed by atoms with Crippen LogP contribution in [0.1, 0.15) is 16.3 Å². The molecule has 100 valence electrons. The number of nitrogens with zero attached hydrogens (tertiary/aromatic N) is 2. The monoisotopic (exact) mass is 304 g/mol. The van der Waals surface area contributed by atoms with Gasteiger partial charge in [-0.2, -0.15) is 5.26 Å². The molecule has 0 atom stereocenters. The van der Waals surface area contributed by atoms with E-state index >= 15 is 0 Å². The average molecular weight is 305 g/mol.